The minimum atomic E-state index is -1.13. The molecule has 0 aliphatic heterocycles. The van der Waals surface area contributed by atoms with E-state index in [4.69, 9.17) is 5.11 Å². The monoisotopic (exact) mass is 204 g/mol. The average Bonchev–Trinajstić information content (AvgIpc) is 2.22. The van der Waals surface area contributed by atoms with Gasteiger partial charge in [-0.1, -0.05) is 0 Å². The molecule has 1 rings (SSSR count). The van der Waals surface area contributed by atoms with Crippen LogP contribution in [-0.4, -0.2) is 31.6 Å². The van der Waals surface area contributed by atoms with Crippen LogP contribution in [0.25, 0.3) is 0 Å². The summed E-state index contributed by atoms with van der Waals surface area (Å²) >= 11 is 0. The Hall–Kier alpha value is -0.793. The first-order chi connectivity index (χ1) is 6.72. The maximum Gasteiger partial charge on any atom is 1.00 e. The Balaban J connectivity index is 0. The number of carboxylic acid groups (broad SMARTS) is 1. The summed E-state index contributed by atoms with van der Waals surface area (Å²) in [6, 6.07) is 12.5. The zero-order valence-corrected chi connectivity index (χ0v) is 9.14. The van der Waals surface area contributed by atoms with Gasteiger partial charge in [0, 0.05) is 14.2 Å². The summed E-state index contributed by atoms with van der Waals surface area (Å²) < 4.78 is 8.68. The third-order valence-electron chi connectivity index (χ3n) is 1.24. The number of benzene rings is 1. The van der Waals surface area contributed by atoms with Crippen LogP contribution in [0, 0.1) is 6.07 Å². The fourth-order valence-corrected chi connectivity index (χ4v) is 0.640. The van der Waals surface area contributed by atoms with Gasteiger partial charge >= 0.3 is 24.8 Å². The van der Waals surface area contributed by atoms with E-state index in [0.717, 1.165) is 0 Å². The fraction of sp³-hybridized carbons (Fsp3) is 0.300. The molecule has 0 aliphatic rings. The van der Waals surface area contributed by atoms with E-state index in [-0.39, 0.29) is 18.9 Å². The van der Waals surface area contributed by atoms with Gasteiger partial charge in [0.1, 0.15) is 0 Å². The van der Waals surface area contributed by atoms with E-state index >= 15 is 0 Å². The molecule has 0 radical (unpaired) electrons. The van der Waals surface area contributed by atoms with Crippen molar-refractivity contribution in [1.29, 1.82) is 0 Å². The van der Waals surface area contributed by atoms with Gasteiger partial charge in [-0.3, -0.25) is 0 Å². The van der Waals surface area contributed by atoms with Crippen molar-refractivity contribution in [3.63, 3.8) is 0 Å². The average molecular weight is 204 g/mol. The van der Waals surface area contributed by atoms with Crippen LogP contribution in [0.15, 0.2) is 30.3 Å². The summed E-state index contributed by atoms with van der Waals surface area (Å²) in [5.74, 6) is -1.12. The first-order valence-electron chi connectivity index (χ1n) is 3.91. The zero-order valence-electron chi connectivity index (χ0n) is 9.14. The SMILES string of the molecule is COC(OC)C(=O)O.[Li+].[c-]1ccccc1. The van der Waals surface area contributed by atoms with Gasteiger partial charge in [0.15, 0.2) is 0 Å². The predicted octanol–water partition coefficient (Wildman–Crippen LogP) is -1.82. The molecular formula is C10H13LiO4. The molecule has 1 N–H and O–H groups in total. The van der Waals surface area contributed by atoms with Crippen LogP contribution in [0.3, 0.4) is 0 Å². The number of aliphatic carboxylic acids is 1. The molecule has 0 bridgehead atoms. The Bertz CT molecular complexity index is 210. The maximum atomic E-state index is 9.91. The van der Waals surface area contributed by atoms with E-state index in [1.54, 1.807) is 0 Å². The Morgan fingerprint density at radius 1 is 1.20 bits per heavy atom. The van der Waals surface area contributed by atoms with Crippen molar-refractivity contribution in [2.24, 2.45) is 0 Å². The summed E-state index contributed by atoms with van der Waals surface area (Å²) in [5, 5.41) is 8.12. The molecule has 0 spiro atoms. The van der Waals surface area contributed by atoms with E-state index in [1.807, 2.05) is 30.3 Å². The van der Waals surface area contributed by atoms with Gasteiger partial charge < -0.3 is 14.6 Å². The molecule has 5 heteroatoms. The molecule has 0 aromatic heterocycles. The zero-order chi connectivity index (χ0) is 10.8. The maximum absolute atomic E-state index is 9.91. The van der Waals surface area contributed by atoms with Gasteiger partial charge in [-0.05, 0) is 0 Å². The van der Waals surface area contributed by atoms with Crippen LogP contribution in [0.5, 0.6) is 0 Å². The number of ether oxygens (including phenoxy) is 2. The molecule has 0 aliphatic carbocycles. The summed E-state index contributed by atoms with van der Waals surface area (Å²) in [6.07, 6.45) is -1.13. The number of methoxy groups -OCH3 is 2. The van der Waals surface area contributed by atoms with Gasteiger partial charge in [0.2, 0.25) is 0 Å². The van der Waals surface area contributed by atoms with E-state index in [2.05, 4.69) is 15.5 Å². The van der Waals surface area contributed by atoms with Gasteiger partial charge in [-0.15, -0.1) is 0 Å². The molecule has 1 aromatic carbocycles. The van der Waals surface area contributed by atoms with Crippen molar-refractivity contribution in [2.45, 2.75) is 6.29 Å². The van der Waals surface area contributed by atoms with Crippen LogP contribution in [-0.2, 0) is 14.3 Å². The van der Waals surface area contributed by atoms with Gasteiger partial charge in [0.25, 0.3) is 6.29 Å². The van der Waals surface area contributed by atoms with Crippen LogP contribution in [0.1, 0.15) is 0 Å². The van der Waals surface area contributed by atoms with Crippen LogP contribution >= 0.6 is 0 Å². The van der Waals surface area contributed by atoms with E-state index in [9.17, 15) is 4.79 Å². The van der Waals surface area contributed by atoms with Crippen molar-refractivity contribution in [3.05, 3.63) is 36.4 Å². The molecule has 1 aromatic rings. The summed E-state index contributed by atoms with van der Waals surface area (Å²) in [4.78, 5) is 9.91. The molecular weight excluding hydrogens is 191 g/mol. The quantitative estimate of drug-likeness (QED) is 0.358. The van der Waals surface area contributed by atoms with Crippen molar-refractivity contribution in [3.8, 4) is 0 Å². The van der Waals surface area contributed by atoms with Gasteiger partial charge in [0.05, 0.1) is 0 Å². The number of hydrogen-bond acceptors (Lipinski definition) is 3. The summed E-state index contributed by atoms with van der Waals surface area (Å²) in [5.41, 5.74) is 0. The number of carbonyl (C=O) groups is 1. The Morgan fingerprint density at radius 3 is 1.73 bits per heavy atom. The summed E-state index contributed by atoms with van der Waals surface area (Å²) in [6.45, 7) is 0. The number of carboxylic acids is 1. The van der Waals surface area contributed by atoms with Gasteiger partial charge in [-0.25, -0.2) is 4.79 Å². The molecule has 0 saturated carbocycles. The number of hydrogen-bond donors (Lipinski definition) is 1. The third kappa shape index (κ3) is 9.51. The molecule has 4 nitrogen and oxygen atoms in total. The van der Waals surface area contributed by atoms with E-state index in [0.29, 0.717) is 0 Å². The van der Waals surface area contributed by atoms with Crippen LogP contribution < -0.4 is 18.9 Å². The second-order valence-electron chi connectivity index (χ2n) is 2.22. The Kier molecular flexibility index (Phi) is 12.5. The molecule has 15 heavy (non-hydrogen) atoms. The van der Waals surface area contributed by atoms with E-state index in [1.165, 1.54) is 14.2 Å². The number of rotatable bonds is 3. The molecule has 78 valence electrons. The second kappa shape index (κ2) is 11.3. The standard InChI is InChI=1S/C6H5.C4H8O4.Li/c1-2-4-6-5-3-1;1-7-4(8-2)3(5)6;/h1-5H;4H,1-2H3,(H,5,6);/q-1;;+1. The first kappa shape index (κ1) is 16.6. The third-order valence-corrected chi connectivity index (χ3v) is 1.24. The van der Waals surface area contributed by atoms with Crippen molar-refractivity contribution in [1.82, 2.24) is 0 Å². The van der Waals surface area contributed by atoms with Crippen LogP contribution in [0.2, 0.25) is 0 Å². The molecule has 0 saturated heterocycles. The molecule has 0 heterocycles. The van der Waals surface area contributed by atoms with Gasteiger partial charge in [-0.2, -0.15) is 36.4 Å². The summed E-state index contributed by atoms with van der Waals surface area (Å²) in [7, 11) is 2.53. The smallest absolute Gasteiger partial charge is 0.477 e. The van der Waals surface area contributed by atoms with Crippen molar-refractivity contribution in [2.75, 3.05) is 14.2 Å². The van der Waals surface area contributed by atoms with Crippen molar-refractivity contribution < 1.29 is 38.2 Å². The Morgan fingerprint density at radius 2 is 1.67 bits per heavy atom. The molecule has 0 amide bonds. The second-order valence-corrected chi connectivity index (χ2v) is 2.22. The van der Waals surface area contributed by atoms with Crippen molar-refractivity contribution >= 4 is 5.97 Å². The molecule has 0 fully saturated rings. The normalized spacial score (nSPS) is 8.47. The minimum absolute atomic E-state index is 0. The minimum Gasteiger partial charge on any atom is -0.477 e. The topological polar surface area (TPSA) is 55.8 Å². The first-order valence-corrected chi connectivity index (χ1v) is 3.91. The van der Waals surface area contributed by atoms with Crippen LogP contribution in [0.4, 0.5) is 0 Å². The Labute approximate surface area is 101 Å². The fourth-order valence-electron chi connectivity index (χ4n) is 0.640. The predicted molar refractivity (Wildman–Crippen MR) is 50.7 cm³/mol. The largest absolute Gasteiger partial charge is 1.00 e. The molecule has 0 atom stereocenters. The molecule has 0 unspecified atom stereocenters. The van der Waals surface area contributed by atoms with E-state index < -0.39 is 12.3 Å².